The van der Waals surface area contributed by atoms with Gasteiger partial charge in [0.05, 0.1) is 4.90 Å². The van der Waals surface area contributed by atoms with Gasteiger partial charge in [0.1, 0.15) is 18.0 Å². The standard InChI is InChI=1S/C16H20ClN5O2S/c17-13-3-5-14(6-4-13)25(23,24)21-8-7-18-15-11-16(20-12-19-15)22-9-1-2-10-22/h3-6,11-12,21H,1-2,7-10H2,(H,18,19,20). The van der Waals surface area contributed by atoms with E-state index >= 15 is 0 Å². The highest BCUT2D eigenvalue weighted by Gasteiger charge is 2.15. The second kappa shape index (κ2) is 7.99. The maximum absolute atomic E-state index is 12.2. The molecule has 0 unspecified atom stereocenters. The Kier molecular flexibility index (Phi) is 5.72. The van der Waals surface area contributed by atoms with E-state index in [4.69, 9.17) is 11.6 Å². The second-order valence-electron chi connectivity index (χ2n) is 5.73. The number of hydrogen-bond acceptors (Lipinski definition) is 6. The summed E-state index contributed by atoms with van der Waals surface area (Å²) in [7, 11) is -3.54. The van der Waals surface area contributed by atoms with Gasteiger partial charge < -0.3 is 10.2 Å². The van der Waals surface area contributed by atoms with Gasteiger partial charge in [0, 0.05) is 37.3 Å². The van der Waals surface area contributed by atoms with Crippen LogP contribution in [0.4, 0.5) is 11.6 Å². The van der Waals surface area contributed by atoms with Gasteiger partial charge in [0.15, 0.2) is 0 Å². The van der Waals surface area contributed by atoms with Crippen molar-refractivity contribution < 1.29 is 8.42 Å². The van der Waals surface area contributed by atoms with E-state index in [1.807, 2.05) is 6.07 Å². The fraction of sp³-hybridized carbons (Fsp3) is 0.375. The lowest BCUT2D eigenvalue weighted by Crippen LogP contribution is -2.29. The molecule has 0 bridgehead atoms. The highest BCUT2D eigenvalue weighted by molar-refractivity contribution is 7.89. The first-order valence-electron chi connectivity index (χ1n) is 8.11. The Hall–Kier alpha value is -1.90. The summed E-state index contributed by atoms with van der Waals surface area (Å²) >= 11 is 5.78. The summed E-state index contributed by atoms with van der Waals surface area (Å²) in [6.45, 7) is 2.69. The van der Waals surface area contributed by atoms with Crippen molar-refractivity contribution in [3.8, 4) is 0 Å². The van der Waals surface area contributed by atoms with E-state index in [1.165, 1.54) is 31.3 Å². The fourth-order valence-corrected chi connectivity index (χ4v) is 3.79. The summed E-state index contributed by atoms with van der Waals surface area (Å²) in [4.78, 5) is 10.9. The number of nitrogens with one attached hydrogen (secondary N) is 2. The Morgan fingerprint density at radius 3 is 2.52 bits per heavy atom. The van der Waals surface area contributed by atoms with Crippen LogP contribution in [-0.2, 0) is 10.0 Å². The summed E-state index contributed by atoms with van der Waals surface area (Å²) in [6, 6.07) is 7.94. The largest absolute Gasteiger partial charge is 0.369 e. The molecule has 0 saturated carbocycles. The van der Waals surface area contributed by atoms with Gasteiger partial charge in [0.2, 0.25) is 10.0 Å². The Labute approximate surface area is 152 Å². The minimum Gasteiger partial charge on any atom is -0.369 e. The molecular formula is C16H20ClN5O2S. The molecule has 9 heteroatoms. The Morgan fingerprint density at radius 2 is 1.80 bits per heavy atom. The van der Waals surface area contributed by atoms with Crippen LogP contribution in [0.25, 0.3) is 0 Å². The first kappa shape index (κ1) is 17.9. The summed E-state index contributed by atoms with van der Waals surface area (Å²) in [5, 5.41) is 3.61. The lowest BCUT2D eigenvalue weighted by atomic mass is 10.4. The highest BCUT2D eigenvalue weighted by atomic mass is 35.5. The zero-order valence-corrected chi connectivity index (χ0v) is 15.2. The minimum absolute atomic E-state index is 0.190. The number of aromatic nitrogens is 2. The molecule has 25 heavy (non-hydrogen) atoms. The van der Waals surface area contributed by atoms with Crippen molar-refractivity contribution in [1.82, 2.24) is 14.7 Å². The van der Waals surface area contributed by atoms with Crippen molar-refractivity contribution in [2.24, 2.45) is 0 Å². The maximum Gasteiger partial charge on any atom is 0.240 e. The van der Waals surface area contributed by atoms with Crippen LogP contribution in [0, 0.1) is 0 Å². The van der Waals surface area contributed by atoms with E-state index in [0.29, 0.717) is 17.4 Å². The average Bonchev–Trinajstić information content (AvgIpc) is 3.14. The van der Waals surface area contributed by atoms with Crippen molar-refractivity contribution in [2.75, 3.05) is 36.4 Å². The molecule has 0 aliphatic carbocycles. The molecule has 1 aromatic heterocycles. The number of sulfonamides is 1. The van der Waals surface area contributed by atoms with Crippen LogP contribution in [0.15, 0.2) is 41.6 Å². The molecule has 0 atom stereocenters. The number of benzene rings is 1. The molecule has 0 spiro atoms. The normalized spacial score (nSPS) is 14.7. The summed E-state index contributed by atoms with van der Waals surface area (Å²) < 4.78 is 26.9. The monoisotopic (exact) mass is 381 g/mol. The van der Waals surface area contributed by atoms with E-state index < -0.39 is 10.0 Å². The van der Waals surface area contributed by atoms with Gasteiger partial charge in [-0.25, -0.2) is 23.1 Å². The number of rotatable bonds is 7. The number of halogens is 1. The average molecular weight is 382 g/mol. The Balaban J connectivity index is 1.51. The second-order valence-corrected chi connectivity index (χ2v) is 7.94. The van der Waals surface area contributed by atoms with E-state index in [-0.39, 0.29) is 11.4 Å². The van der Waals surface area contributed by atoms with Gasteiger partial charge in [-0.2, -0.15) is 0 Å². The van der Waals surface area contributed by atoms with Crippen LogP contribution in [0.3, 0.4) is 0 Å². The van der Waals surface area contributed by atoms with E-state index in [1.54, 1.807) is 12.1 Å². The lowest BCUT2D eigenvalue weighted by molar-refractivity contribution is 0.583. The van der Waals surface area contributed by atoms with Gasteiger partial charge >= 0.3 is 0 Å². The third kappa shape index (κ3) is 4.81. The maximum atomic E-state index is 12.2. The van der Waals surface area contributed by atoms with Gasteiger partial charge in [-0.1, -0.05) is 11.6 Å². The van der Waals surface area contributed by atoms with Gasteiger partial charge in [0.25, 0.3) is 0 Å². The first-order valence-corrected chi connectivity index (χ1v) is 9.97. The third-order valence-electron chi connectivity index (χ3n) is 3.93. The van der Waals surface area contributed by atoms with Crippen molar-refractivity contribution in [2.45, 2.75) is 17.7 Å². The first-order chi connectivity index (χ1) is 12.0. The molecule has 1 fully saturated rings. The predicted molar refractivity (Wildman–Crippen MR) is 98.6 cm³/mol. The molecule has 1 aromatic carbocycles. The molecule has 2 aromatic rings. The zero-order chi connectivity index (χ0) is 17.7. The molecule has 1 saturated heterocycles. The molecule has 0 radical (unpaired) electrons. The van der Waals surface area contributed by atoms with Gasteiger partial charge in [-0.15, -0.1) is 0 Å². The van der Waals surface area contributed by atoms with E-state index in [9.17, 15) is 8.42 Å². The predicted octanol–water partition coefficient (Wildman–Crippen LogP) is 2.12. The van der Waals surface area contributed by atoms with Crippen molar-refractivity contribution in [3.63, 3.8) is 0 Å². The molecule has 3 rings (SSSR count). The van der Waals surface area contributed by atoms with Gasteiger partial charge in [-0.3, -0.25) is 0 Å². The molecule has 1 aliphatic heterocycles. The van der Waals surface area contributed by atoms with Crippen LogP contribution in [-0.4, -0.2) is 44.6 Å². The lowest BCUT2D eigenvalue weighted by Gasteiger charge is -2.16. The fourth-order valence-electron chi connectivity index (χ4n) is 2.64. The number of anilines is 2. The molecular weight excluding hydrogens is 362 g/mol. The van der Waals surface area contributed by atoms with Crippen LogP contribution >= 0.6 is 11.6 Å². The SMILES string of the molecule is O=S(=O)(NCCNc1cc(N2CCCC2)ncn1)c1ccc(Cl)cc1. The van der Waals surface area contributed by atoms with Gasteiger partial charge in [-0.05, 0) is 37.1 Å². The Bertz CT molecular complexity index is 808. The van der Waals surface area contributed by atoms with Crippen molar-refractivity contribution in [1.29, 1.82) is 0 Å². The van der Waals surface area contributed by atoms with Crippen LogP contribution in [0.2, 0.25) is 5.02 Å². The molecule has 1 aliphatic rings. The zero-order valence-electron chi connectivity index (χ0n) is 13.7. The molecule has 2 N–H and O–H groups in total. The summed E-state index contributed by atoms with van der Waals surface area (Å²) in [5.74, 6) is 1.58. The van der Waals surface area contributed by atoms with Crippen LogP contribution in [0.1, 0.15) is 12.8 Å². The topological polar surface area (TPSA) is 87.2 Å². The summed E-state index contributed by atoms with van der Waals surface area (Å²) in [6.07, 6.45) is 3.88. The molecule has 2 heterocycles. The number of nitrogens with zero attached hydrogens (tertiary/aromatic N) is 3. The van der Waals surface area contributed by atoms with Crippen molar-refractivity contribution >= 4 is 33.3 Å². The van der Waals surface area contributed by atoms with Crippen molar-refractivity contribution in [3.05, 3.63) is 41.7 Å². The quantitative estimate of drug-likeness (QED) is 0.714. The van der Waals surface area contributed by atoms with Crippen LogP contribution < -0.4 is 14.9 Å². The Morgan fingerprint density at radius 1 is 1.08 bits per heavy atom. The highest BCUT2D eigenvalue weighted by Crippen LogP contribution is 2.19. The third-order valence-corrected chi connectivity index (χ3v) is 5.66. The minimum atomic E-state index is -3.54. The van der Waals surface area contributed by atoms with E-state index in [0.717, 1.165) is 18.9 Å². The molecule has 7 nitrogen and oxygen atoms in total. The summed E-state index contributed by atoms with van der Waals surface area (Å²) in [5.41, 5.74) is 0. The molecule has 0 amide bonds. The smallest absolute Gasteiger partial charge is 0.240 e. The van der Waals surface area contributed by atoms with E-state index in [2.05, 4.69) is 24.9 Å². The molecule has 134 valence electrons. The van der Waals surface area contributed by atoms with Crippen LogP contribution in [0.5, 0.6) is 0 Å². The number of hydrogen-bond donors (Lipinski definition) is 2.